The lowest BCUT2D eigenvalue weighted by atomic mass is 10.3. The van der Waals surface area contributed by atoms with Gasteiger partial charge in [0, 0.05) is 22.7 Å². The Labute approximate surface area is 152 Å². The molecule has 25 heavy (non-hydrogen) atoms. The van der Waals surface area contributed by atoms with Crippen molar-refractivity contribution in [2.45, 2.75) is 6.92 Å². The van der Waals surface area contributed by atoms with Crippen molar-refractivity contribution in [3.05, 3.63) is 61.3 Å². The average Bonchev–Trinajstić information content (AvgIpc) is 2.97. The summed E-state index contributed by atoms with van der Waals surface area (Å²) in [6, 6.07) is 5.76. The van der Waals surface area contributed by atoms with Gasteiger partial charge in [-0.05, 0) is 42.1 Å². The fourth-order valence-electron chi connectivity index (χ4n) is 1.81. The van der Waals surface area contributed by atoms with Gasteiger partial charge in [0.25, 0.3) is 11.6 Å². The van der Waals surface area contributed by atoms with Crippen LogP contribution in [0.4, 0.5) is 11.4 Å². The Morgan fingerprint density at radius 3 is 2.80 bits per heavy atom. The molecule has 0 spiro atoms. The van der Waals surface area contributed by atoms with Crippen molar-refractivity contribution in [3.8, 4) is 0 Å². The molecular formula is C16H13ClN2O5S. The number of aryl methyl sites for hydroxylation is 1. The molecule has 1 N–H and O–H groups in total. The molecule has 130 valence electrons. The number of carbonyl (C=O) groups excluding carboxylic acids is 2. The molecule has 0 radical (unpaired) electrons. The normalized spacial score (nSPS) is 10.6. The third-order valence-electron chi connectivity index (χ3n) is 3.04. The zero-order valence-electron chi connectivity index (χ0n) is 13.0. The van der Waals surface area contributed by atoms with E-state index < -0.39 is 23.4 Å². The zero-order valence-corrected chi connectivity index (χ0v) is 14.6. The van der Waals surface area contributed by atoms with Gasteiger partial charge in [-0.15, -0.1) is 11.3 Å². The highest BCUT2D eigenvalue weighted by atomic mass is 35.5. The smallest absolute Gasteiger partial charge is 0.331 e. The SMILES string of the molecule is Cc1ccsc1/C=C/C(=O)OCC(=O)Nc1ccc(Cl)c([N+](=O)[O-])c1. The lowest BCUT2D eigenvalue weighted by molar-refractivity contribution is -0.384. The number of halogens is 1. The molecule has 0 fully saturated rings. The third kappa shape index (κ3) is 5.40. The molecule has 0 unspecified atom stereocenters. The second kappa shape index (κ2) is 8.41. The Balaban J connectivity index is 1.87. The first kappa shape index (κ1) is 18.6. The van der Waals surface area contributed by atoms with E-state index in [9.17, 15) is 19.7 Å². The van der Waals surface area contributed by atoms with Gasteiger partial charge in [0.15, 0.2) is 6.61 Å². The molecular weight excluding hydrogens is 368 g/mol. The van der Waals surface area contributed by atoms with E-state index >= 15 is 0 Å². The maximum absolute atomic E-state index is 11.8. The summed E-state index contributed by atoms with van der Waals surface area (Å²) in [5.74, 6) is -1.28. The fourth-order valence-corrected chi connectivity index (χ4v) is 2.82. The topological polar surface area (TPSA) is 98.5 Å². The highest BCUT2D eigenvalue weighted by Gasteiger charge is 2.14. The van der Waals surface area contributed by atoms with E-state index in [2.05, 4.69) is 5.32 Å². The van der Waals surface area contributed by atoms with Crippen LogP contribution >= 0.6 is 22.9 Å². The number of carbonyl (C=O) groups is 2. The third-order valence-corrected chi connectivity index (χ3v) is 4.35. The maximum Gasteiger partial charge on any atom is 0.331 e. The minimum atomic E-state index is -0.662. The number of nitro groups is 1. The van der Waals surface area contributed by atoms with Gasteiger partial charge in [0.2, 0.25) is 0 Å². The number of benzene rings is 1. The number of amides is 1. The van der Waals surface area contributed by atoms with Gasteiger partial charge >= 0.3 is 5.97 Å². The van der Waals surface area contributed by atoms with Crippen LogP contribution in [-0.4, -0.2) is 23.4 Å². The summed E-state index contributed by atoms with van der Waals surface area (Å²) in [6.07, 6.45) is 2.85. The monoisotopic (exact) mass is 380 g/mol. The predicted molar refractivity (Wildman–Crippen MR) is 95.8 cm³/mol. The van der Waals surface area contributed by atoms with Crippen molar-refractivity contribution in [2.24, 2.45) is 0 Å². The van der Waals surface area contributed by atoms with E-state index in [1.165, 1.54) is 29.5 Å². The number of thiophene rings is 1. The van der Waals surface area contributed by atoms with E-state index in [0.29, 0.717) is 0 Å². The van der Waals surface area contributed by atoms with Gasteiger partial charge in [-0.3, -0.25) is 14.9 Å². The summed E-state index contributed by atoms with van der Waals surface area (Å²) < 4.78 is 4.82. The van der Waals surface area contributed by atoms with Gasteiger partial charge in [0.1, 0.15) is 5.02 Å². The number of hydrogen-bond acceptors (Lipinski definition) is 6. The molecule has 2 aromatic rings. The fraction of sp³-hybridized carbons (Fsp3) is 0.125. The van der Waals surface area contributed by atoms with E-state index in [1.54, 1.807) is 6.08 Å². The standard InChI is InChI=1S/C16H13ClN2O5S/c1-10-6-7-25-14(10)4-5-16(21)24-9-15(20)18-11-2-3-12(17)13(8-11)19(22)23/h2-8H,9H2,1H3,(H,18,20)/b5-4+. The summed E-state index contributed by atoms with van der Waals surface area (Å²) in [5, 5.41) is 15.1. The van der Waals surface area contributed by atoms with Crippen molar-refractivity contribution in [3.63, 3.8) is 0 Å². The van der Waals surface area contributed by atoms with Crippen molar-refractivity contribution in [1.29, 1.82) is 0 Å². The minimum absolute atomic E-state index is 0.0385. The van der Waals surface area contributed by atoms with Crippen LogP contribution in [0.1, 0.15) is 10.4 Å². The molecule has 0 aliphatic heterocycles. The molecule has 1 aromatic carbocycles. The van der Waals surface area contributed by atoms with Crippen LogP contribution < -0.4 is 5.32 Å². The van der Waals surface area contributed by atoms with Crippen LogP contribution in [-0.2, 0) is 14.3 Å². The molecule has 0 atom stereocenters. The van der Waals surface area contributed by atoms with Crippen molar-refractivity contribution in [2.75, 3.05) is 11.9 Å². The number of esters is 1. The largest absolute Gasteiger partial charge is 0.452 e. The summed E-state index contributed by atoms with van der Waals surface area (Å²) in [5.41, 5.74) is 0.892. The van der Waals surface area contributed by atoms with Crippen molar-refractivity contribution < 1.29 is 19.2 Å². The molecule has 0 aliphatic carbocycles. The van der Waals surface area contributed by atoms with Crippen LogP contribution in [0.25, 0.3) is 6.08 Å². The molecule has 0 saturated carbocycles. The van der Waals surface area contributed by atoms with Crippen LogP contribution in [0.3, 0.4) is 0 Å². The molecule has 1 aromatic heterocycles. The first-order valence-corrected chi connectivity index (χ1v) is 8.25. The Bertz CT molecular complexity index is 847. The summed E-state index contributed by atoms with van der Waals surface area (Å²) in [7, 11) is 0. The summed E-state index contributed by atoms with van der Waals surface area (Å²) in [4.78, 5) is 34.4. The van der Waals surface area contributed by atoms with Crippen LogP contribution in [0.2, 0.25) is 5.02 Å². The highest BCUT2D eigenvalue weighted by Crippen LogP contribution is 2.27. The molecule has 0 aliphatic rings. The highest BCUT2D eigenvalue weighted by molar-refractivity contribution is 7.11. The molecule has 0 saturated heterocycles. The van der Waals surface area contributed by atoms with Gasteiger partial charge in [0.05, 0.1) is 4.92 Å². The molecule has 1 amide bonds. The lowest BCUT2D eigenvalue weighted by Crippen LogP contribution is -2.20. The molecule has 2 rings (SSSR count). The quantitative estimate of drug-likeness (QED) is 0.355. The first-order valence-electron chi connectivity index (χ1n) is 6.99. The van der Waals surface area contributed by atoms with E-state index in [4.69, 9.17) is 16.3 Å². The van der Waals surface area contributed by atoms with Crippen LogP contribution in [0, 0.1) is 17.0 Å². The lowest BCUT2D eigenvalue weighted by Gasteiger charge is -2.06. The molecule has 9 heteroatoms. The number of rotatable bonds is 6. The van der Waals surface area contributed by atoms with Gasteiger partial charge in [-0.2, -0.15) is 0 Å². The summed E-state index contributed by atoms with van der Waals surface area (Å²) >= 11 is 7.17. The Hall–Kier alpha value is -2.71. The zero-order chi connectivity index (χ0) is 18.4. The van der Waals surface area contributed by atoms with Crippen LogP contribution in [0.15, 0.2) is 35.7 Å². The van der Waals surface area contributed by atoms with Crippen molar-refractivity contribution >= 4 is 52.3 Å². The van der Waals surface area contributed by atoms with E-state index in [-0.39, 0.29) is 16.4 Å². The number of hydrogen-bond donors (Lipinski definition) is 1. The number of nitrogens with one attached hydrogen (secondary N) is 1. The molecule has 7 nitrogen and oxygen atoms in total. The van der Waals surface area contributed by atoms with Gasteiger partial charge in [-0.1, -0.05) is 11.6 Å². The molecule has 0 bridgehead atoms. The summed E-state index contributed by atoms with van der Waals surface area (Å²) in [6.45, 7) is 1.41. The average molecular weight is 381 g/mol. The number of nitrogens with zero attached hydrogens (tertiary/aromatic N) is 1. The second-order valence-corrected chi connectivity index (χ2v) is 6.24. The van der Waals surface area contributed by atoms with E-state index in [1.807, 2.05) is 18.4 Å². The first-order chi connectivity index (χ1) is 11.9. The maximum atomic E-state index is 11.8. The number of ether oxygens (including phenoxy) is 1. The number of anilines is 1. The molecule has 1 heterocycles. The van der Waals surface area contributed by atoms with Gasteiger partial charge in [-0.25, -0.2) is 4.79 Å². The minimum Gasteiger partial charge on any atom is -0.452 e. The second-order valence-electron chi connectivity index (χ2n) is 4.88. The number of nitro benzene ring substituents is 1. The van der Waals surface area contributed by atoms with Gasteiger partial charge < -0.3 is 10.1 Å². The Morgan fingerprint density at radius 2 is 2.16 bits per heavy atom. The van der Waals surface area contributed by atoms with E-state index in [0.717, 1.165) is 16.5 Å². The van der Waals surface area contributed by atoms with Crippen LogP contribution in [0.5, 0.6) is 0 Å². The Kier molecular flexibility index (Phi) is 6.26. The Morgan fingerprint density at radius 1 is 1.40 bits per heavy atom. The van der Waals surface area contributed by atoms with Crippen molar-refractivity contribution in [1.82, 2.24) is 0 Å². The predicted octanol–water partition coefficient (Wildman–Crippen LogP) is 3.81.